The molecule has 0 saturated heterocycles. The van der Waals surface area contributed by atoms with E-state index in [0.717, 1.165) is 0 Å². The van der Waals surface area contributed by atoms with E-state index >= 15 is 0 Å². The molecule has 0 radical (unpaired) electrons. The first kappa shape index (κ1) is 10.0. The molecule has 1 aromatic rings. The Kier molecular flexibility index (Phi) is 2.38. The second kappa shape index (κ2) is 3.56. The second-order valence-corrected chi connectivity index (χ2v) is 3.64. The Morgan fingerprint density at radius 3 is 2.67 bits per heavy atom. The first-order valence-electron chi connectivity index (χ1n) is 4.61. The van der Waals surface area contributed by atoms with Crippen molar-refractivity contribution in [2.45, 2.75) is 19.3 Å². The van der Waals surface area contributed by atoms with Crippen molar-refractivity contribution in [1.29, 1.82) is 0 Å². The van der Waals surface area contributed by atoms with Crippen LogP contribution < -0.4 is 5.56 Å². The highest BCUT2D eigenvalue weighted by atomic mass is 19.3. The van der Waals surface area contributed by atoms with Gasteiger partial charge in [-0.3, -0.25) is 9.59 Å². The molecule has 1 aliphatic carbocycles. The predicted molar refractivity (Wildman–Crippen MR) is 49.2 cm³/mol. The first-order chi connectivity index (χ1) is 7.08. The number of hydrogen-bond acceptors (Lipinski definition) is 2. The normalized spacial score (nSPS) is 20.5. The fourth-order valence-corrected chi connectivity index (χ4v) is 1.80. The summed E-state index contributed by atoms with van der Waals surface area (Å²) in [6.07, 6.45) is -2.60. The summed E-state index contributed by atoms with van der Waals surface area (Å²) in [6, 6.07) is 2.64. The van der Waals surface area contributed by atoms with Gasteiger partial charge in [-0.05, 0) is 12.5 Å². The Hall–Kier alpha value is -1.52. The minimum absolute atomic E-state index is 0.0643. The number of nitrogens with one attached hydrogen (secondary N) is 1. The van der Waals surface area contributed by atoms with Crippen molar-refractivity contribution in [2.24, 2.45) is 5.92 Å². The number of alkyl halides is 2. The molecule has 0 unspecified atom stereocenters. The molecule has 1 N–H and O–H groups in total. The van der Waals surface area contributed by atoms with Gasteiger partial charge < -0.3 is 4.98 Å². The van der Waals surface area contributed by atoms with E-state index in [9.17, 15) is 18.4 Å². The monoisotopic (exact) mass is 213 g/mol. The maximum Gasteiger partial charge on any atom is 0.248 e. The zero-order valence-corrected chi connectivity index (χ0v) is 7.80. The largest absolute Gasteiger partial charge is 0.325 e. The maximum atomic E-state index is 12.4. The van der Waals surface area contributed by atoms with Crippen molar-refractivity contribution >= 4 is 5.78 Å². The standard InChI is InChI=1S/C10H9F2NO2/c11-10(12)5-3-7-6(8(14)4-5)1-2-9(15)13-7/h1-2,5,10H,3-4H2,(H,13,15)/t5-/m1/s1. The number of aromatic amines is 1. The van der Waals surface area contributed by atoms with E-state index in [1.54, 1.807) is 0 Å². The Morgan fingerprint density at radius 2 is 2.00 bits per heavy atom. The van der Waals surface area contributed by atoms with Crippen LogP contribution in [0.25, 0.3) is 0 Å². The van der Waals surface area contributed by atoms with Gasteiger partial charge in [-0.2, -0.15) is 0 Å². The summed E-state index contributed by atoms with van der Waals surface area (Å²) in [5.41, 5.74) is 0.340. The van der Waals surface area contributed by atoms with Crippen LogP contribution in [0.4, 0.5) is 8.78 Å². The van der Waals surface area contributed by atoms with Crippen LogP contribution in [0.15, 0.2) is 16.9 Å². The maximum absolute atomic E-state index is 12.4. The number of rotatable bonds is 1. The highest BCUT2D eigenvalue weighted by Gasteiger charge is 2.31. The van der Waals surface area contributed by atoms with Gasteiger partial charge >= 0.3 is 0 Å². The molecule has 0 saturated carbocycles. The highest BCUT2D eigenvalue weighted by molar-refractivity contribution is 5.98. The molecule has 2 rings (SSSR count). The zero-order valence-electron chi connectivity index (χ0n) is 7.80. The third-order valence-corrected chi connectivity index (χ3v) is 2.57. The lowest BCUT2D eigenvalue weighted by Gasteiger charge is -2.22. The topological polar surface area (TPSA) is 49.9 Å². The van der Waals surface area contributed by atoms with Gasteiger partial charge in [-0.15, -0.1) is 0 Å². The van der Waals surface area contributed by atoms with Crippen molar-refractivity contribution in [3.63, 3.8) is 0 Å². The van der Waals surface area contributed by atoms with E-state index in [-0.39, 0.29) is 24.2 Å². The Labute approximate surface area is 84.1 Å². The number of pyridine rings is 1. The third-order valence-electron chi connectivity index (χ3n) is 2.57. The minimum Gasteiger partial charge on any atom is -0.325 e. The van der Waals surface area contributed by atoms with Gasteiger partial charge in [0.15, 0.2) is 5.78 Å². The summed E-state index contributed by atoms with van der Waals surface area (Å²) >= 11 is 0. The van der Waals surface area contributed by atoms with Crippen LogP contribution in [0.3, 0.4) is 0 Å². The van der Waals surface area contributed by atoms with Crippen LogP contribution in [0.5, 0.6) is 0 Å². The number of hydrogen-bond donors (Lipinski definition) is 1. The summed E-state index contributed by atoms with van der Waals surface area (Å²) in [4.78, 5) is 24.9. The Balaban J connectivity index is 2.42. The number of fused-ring (bicyclic) bond motifs is 1. The third kappa shape index (κ3) is 1.82. The zero-order chi connectivity index (χ0) is 11.0. The summed E-state index contributed by atoms with van der Waals surface area (Å²) in [5, 5.41) is 0. The van der Waals surface area contributed by atoms with Gasteiger partial charge in [0.05, 0.1) is 0 Å². The number of H-pyrrole nitrogens is 1. The van der Waals surface area contributed by atoms with Crippen LogP contribution in [-0.4, -0.2) is 17.2 Å². The predicted octanol–water partition coefficient (Wildman–Crippen LogP) is 1.39. The number of aromatic nitrogens is 1. The lowest BCUT2D eigenvalue weighted by molar-refractivity contribution is 0.0591. The Bertz CT molecular complexity index is 453. The molecule has 0 fully saturated rings. The van der Waals surface area contributed by atoms with Crippen molar-refractivity contribution in [3.05, 3.63) is 33.7 Å². The lowest BCUT2D eigenvalue weighted by Crippen LogP contribution is -2.28. The fraction of sp³-hybridized carbons (Fsp3) is 0.400. The van der Waals surface area contributed by atoms with Crippen LogP contribution in [0, 0.1) is 5.92 Å². The van der Waals surface area contributed by atoms with E-state index < -0.39 is 12.3 Å². The fourth-order valence-electron chi connectivity index (χ4n) is 1.80. The molecular weight excluding hydrogens is 204 g/mol. The summed E-state index contributed by atoms with van der Waals surface area (Å²) in [7, 11) is 0. The van der Waals surface area contributed by atoms with Gasteiger partial charge in [0.25, 0.3) is 0 Å². The van der Waals surface area contributed by atoms with Gasteiger partial charge in [0, 0.05) is 29.7 Å². The van der Waals surface area contributed by atoms with Crippen LogP contribution in [-0.2, 0) is 6.42 Å². The average molecular weight is 213 g/mol. The average Bonchev–Trinajstić information content (AvgIpc) is 2.16. The number of Topliss-reactive ketones (excluding diaryl/α,β-unsaturated/α-hetero) is 1. The molecule has 3 nitrogen and oxygen atoms in total. The van der Waals surface area contributed by atoms with Gasteiger partial charge in [0.2, 0.25) is 12.0 Å². The SMILES string of the molecule is O=C1C[C@H](C(F)F)Cc2[nH]c(=O)ccc21. The molecule has 1 heterocycles. The summed E-state index contributed by atoms with van der Waals surface area (Å²) in [6.45, 7) is 0. The highest BCUT2D eigenvalue weighted by Crippen LogP contribution is 2.27. The van der Waals surface area contributed by atoms with E-state index in [1.807, 2.05) is 0 Å². The number of carbonyl (C=O) groups excluding carboxylic acids is 1. The molecule has 0 spiro atoms. The van der Waals surface area contributed by atoms with E-state index in [1.165, 1.54) is 12.1 Å². The van der Waals surface area contributed by atoms with Crippen molar-refractivity contribution < 1.29 is 13.6 Å². The number of ketones is 1. The minimum atomic E-state index is -2.52. The molecule has 0 aromatic carbocycles. The van der Waals surface area contributed by atoms with Crippen LogP contribution in [0.1, 0.15) is 22.5 Å². The second-order valence-electron chi connectivity index (χ2n) is 3.64. The molecule has 0 amide bonds. The Morgan fingerprint density at radius 1 is 1.27 bits per heavy atom. The molecule has 80 valence electrons. The van der Waals surface area contributed by atoms with Crippen molar-refractivity contribution in [3.8, 4) is 0 Å². The van der Waals surface area contributed by atoms with E-state index in [0.29, 0.717) is 11.3 Å². The van der Waals surface area contributed by atoms with Crippen LogP contribution in [0.2, 0.25) is 0 Å². The lowest BCUT2D eigenvalue weighted by atomic mass is 9.86. The molecule has 1 aliphatic rings. The molecule has 0 aliphatic heterocycles. The van der Waals surface area contributed by atoms with Crippen LogP contribution >= 0.6 is 0 Å². The molecular formula is C10H9F2NO2. The number of carbonyl (C=O) groups is 1. The molecule has 0 bridgehead atoms. The smallest absolute Gasteiger partial charge is 0.248 e. The molecule has 5 heteroatoms. The summed E-state index contributed by atoms with van der Waals surface area (Å²) in [5.74, 6) is -1.29. The first-order valence-corrected chi connectivity index (χ1v) is 4.61. The molecule has 1 atom stereocenters. The van der Waals surface area contributed by atoms with E-state index in [4.69, 9.17) is 0 Å². The van der Waals surface area contributed by atoms with E-state index in [2.05, 4.69) is 4.98 Å². The number of halogens is 2. The molecule has 1 aromatic heterocycles. The van der Waals surface area contributed by atoms with Gasteiger partial charge in [0.1, 0.15) is 0 Å². The van der Waals surface area contributed by atoms with Crippen molar-refractivity contribution in [2.75, 3.05) is 0 Å². The quantitative estimate of drug-likeness (QED) is 0.766. The van der Waals surface area contributed by atoms with Gasteiger partial charge in [-0.25, -0.2) is 8.78 Å². The van der Waals surface area contributed by atoms with Gasteiger partial charge in [-0.1, -0.05) is 0 Å². The molecule has 15 heavy (non-hydrogen) atoms. The van der Waals surface area contributed by atoms with Crippen molar-refractivity contribution in [1.82, 2.24) is 4.98 Å². The summed E-state index contributed by atoms with van der Waals surface area (Å²) < 4.78 is 24.9.